The summed E-state index contributed by atoms with van der Waals surface area (Å²) in [5.41, 5.74) is -2.19. The van der Waals surface area contributed by atoms with Crippen molar-refractivity contribution in [3.63, 3.8) is 0 Å². The monoisotopic (exact) mass is 264 g/mol. The second-order valence-electron chi connectivity index (χ2n) is 3.88. The van der Waals surface area contributed by atoms with Crippen LogP contribution in [0.2, 0.25) is 5.15 Å². The second-order valence-corrected chi connectivity index (χ2v) is 4.27. The molecule has 1 N–H and O–H groups in total. The normalized spacial score (nSPS) is 17.6. The van der Waals surface area contributed by atoms with E-state index in [1.807, 2.05) is 5.32 Å². The van der Waals surface area contributed by atoms with Crippen molar-refractivity contribution in [2.24, 2.45) is 0 Å². The maximum Gasteiger partial charge on any atom is 0.411 e. The summed E-state index contributed by atoms with van der Waals surface area (Å²) < 4.78 is 37.8. The number of aromatic nitrogens is 1. The summed E-state index contributed by atoms with van der Waals surface area (Å²) >= 11 is 5.55. The molecule has 0 aliphatic heterocycles. The lowest BCUT2D eigenvalue weighted by Gasteiger charge is -2.20. The summed E-state index contributed by atoms with van der Waals surface area (Å²) in [5, 5.41) is 2.03. The molecule has 0 atom stereocenters. The Labute approximate surface area is 100.0 Å². The molecule has 1 heterocycles. The molecule has 92 valence electrons. The summed E-state index contributed by atoms with van der Waals surface area (Å²) in [6, 6.07) is 4.21. The van der Waals surface area contributed by atoms with Crippen LogP contribution < -0.4 is 5.32 Å². The van der Waals surface area contributed by atoms with Crippen LogP contribution in [0.1, 0.15) is 23.3 Å². The molecule has 0 aromatic carbocycles. The Kier molecular flexibility index (Phi) is 2.77. The molecular formula is C10H8ClF3N2O. The van der Waals surface area contributed by atoms with Gasteiger partial charge in [-0.25, -0.2) is 4.98 Å². The molecule has 0 unspecified atom stereocenters. The number of halogens is 4. The zero-order chi connectivity index (χ0) is 12.7. The van der Waals surface area contributed by atoms with Crippen molar-refractivity contribution in [2.75, 3.05) is 0 Å². The van der Waals surface area contributed by atoms with Crippen molar-refractivity contribution in [1.82, 2.24) is 10.3 Å². The van der Waals surface area contributed by atoms with E-state index in [-0.39, 0.29) is 23.7 Å². The molecule has 2 rings (SSSR count). The molecular weight excluding hydrogens is 257 g/mol. The van der Waals surface area contributed by atoms with Gasteiger partial charge in [0.05, 0.1) is 0 Å². The highest BCUT2D eigenvalue weighted by Gasteiger charge is 2.64. The van der Waals surface area contributed by atoms with Crippen LogP contribution in [0, 0.1) is 0 Å². The maximum absolute atomic E-state index is 12.6. The number of amides is 1. The van der Waals surface area contributed by atoms with Crippen LogP contribution in [0.25, 0.3) is 0 Å². The topological polar surface area (TPSA) is 42.0 Å². The maximum atomic E-state index is 12.6. The molecule has 1 aromatic rings. The third kappa shape index (κ3) is 2.36. The van der Waals surface area contributed by atoms with E-state index in [1.165, 1.54) is 18.2 Å². The van der Waals surface area contributed by atoms with Crippen molar-refractivity contribution in [3.8, 4) is 0 Å². The fourth-order valence-electron chi connectivity index (χ4n) is 1.42. The van der Waals surface area contributed by atoms with Crippen molar-refractivity contribution in [3.05, 3.63) is 29.0 Å². The first-order valence-electron chi connectivity index (χ1n) is 4.86. The van der Waals surface area contributed by atoms with E-state index in [0.29, 0.717) is 0 Å². The first-order chi connectivity index (χ1) is 7.84. The molecule has 0 saturated heterocycles. The van der Waals surface area contributed by atoms with Gasteiger partial charge in [0.15, 0.2) is 0 Å². The van der Waals surface area contributed by atoms with Gasteiger partial charge in [-0.15, -0.1) is 0 Å². The third-order valence-corrected chi connectivity index (χ3v) is 2.80. The SMILES string of the molecule is O=C(NC1(C(F)(F)F)CC1)c1cccc(Cl)n1. The largest absolute Gasteiger partial charge is 0.411 e. The summed E-state index contributed by atoms with van der Waals surface area (Å²) in [4.78, 5) is 15.2. The van der Waals surface area contributed by atoms with Gasteiger partial charge in [-0.05, 0) is 25.0 Å². The highest BCUT2D eigenvalue weighted by Crippen LogP contribution is 2.48. The number of carbonyl (C=O) groups is 1. The molecule has 1 fully saturated rings. The van der Waals surface area contributed by atoms with Crippen molar-refractivity contribution in [2.45, 2.75) is 24.6 Å². The third-order valence-electron chi connectivity index (χ3n) is 2.59. The quantitative estimate of drug-likeness (QED) is 0.834. The lowest BCUT2D eigenvalue weighted by Crippen LogP contribution is -2.48. The average molecular weight is 265 g/mol. The number of nitrogens with zero attached hydrogens (tertiary/aromatic N) is 1. The van der Waals surface area contributed by atoms with Gasteiger partial charge in [0.25, 0.3) is 5.91 Å². The highest BCUT2D eigenvalue weighted by atomic mass is 35.5. The van der Waals surface area contributed by atoms with E-state index >= 15 is 0 Å². The Morgan fingerprint density at radius 1 is 1.41 bits per heavy atom. The van der Waals surface area contributed by atoms with E-state index in [4.69, 9.17) is 11.6 Å². The minimum atomic E-state index is -4.43. The van der Waals surface area contributed by atoms with E-state index in [9.17, 15) is 18.0 Å². The number of pyridine rings is 1. The van der Waals surface area contributed by atoms with Gasteiger partial charge in [-0.3, -0.25) is 4.79 Å². The van der Waals surface area contributed by atoms with Gasteiger partial charge in [0.2, 0.25) is 0 Å². The van der Waals surface area contributed by atoms with Crippen molar-refractivity contribution in [1.29, 1.82) is 0 Å². The first-order valence-corrected chi connectivity index (χ1v) is 5.24. The van der Waals surface area contributed by atoms with Gasteiger partial charge in [-0.1, -0.05) is 17.7 Å². The molecule has 17 heavy (non-hydrogen) atoms. The lowest BCUT2D eigenvalue weighted by molar-refractivity contribution is -0.163. The van der Waals surface area contributed by atoms with Crippen LogP contribution in [0.3, 0.4) is 0 Å². The summed E-state index contributed by atoms with van der Waals surface area (Å²) in [7, 11) is 0. The van der Waals surface area contributed by atoms with Gasteiger partial charge in [0, 0.05) is 0 Å². The van der Waals surface area contributed by atoms with Gasteiger partial charge >= 0.3 is 6.18 Å². The molecule has 0 bridgehead atoms. The van der Waals surface area contributed by atoms with Gasteiger partial charge < -0.3 is 5.32 Å². The molecule has 7 heteroatoms. The smallest absolute Gasteiger partial charge is 0.336 e. The number of carbonyl (C=O) groups excluding carboxylic acids is 1. The molecule has 1 aliphatic carbocycles. The van der Waals surface area contributed by atoms with Gasteiger partial charge in [-0.2, -0.15) is 13.2 Å². The van der Waals surface area contributed by atoms with Gasteiger partial charge in [0.1, 0.15) is 16.4 Å². The van der Waals surface area contributed by atoms with Crippen LogP contribution in [0.15, 0.2) is 18.2 Å². The fourth-order valence-corrected chi connectivity index (χ4v) is 1.58. The van der Waals surface area contributed by atoms with E-state index in [1.54, 1.807) is 0 Å². The Hall–Kier alpha value is -1.30. The molecule has 1 saturated carbocycles. The number of hydrogen-bond acceptors (Lipinski definition) is 2. The molecule has 3 nitrogen and oxygen atoms in total. The zero-order valence-electron chi connectivity index (χ0n) is 8.51. The van der Waals surface area contributed by atoms with Crippen LogP contribution in [0.4, 0.5) is 13.2 Å². The minimum absolute atomic E-state index is 0.0644. The van der Waals surface area contributed by atoms with E-state index in [2.05, 4.69) is 4.98 Å². The predicted molar refractivity (Wildman–Crippen MR) is 54.7 cm³/mol. The minimum Gasteiger partial charge on any atom is -0.336 e. The van der Waals surface area contributed by atoms with E-state index < -0.39 is 17.6 Å². The fraction of sp³-hybridized carbons (Fsp3) is 0.400. The second kappa shape index (κ2) is 3.87. The standard InChI is InChI=1S/C10H8ClF3N2O/c11-7-3-1-2-6(15-7)8(17)16-9(4-5-9)10(12,13)14/h1-3H,4-5H2,(H,16,17). The van der Waals surface area contributed by atoms with Crippen LogP contribution in [-0.2, 0) is 0 Å². The first kappa shape index (κ1) is 12.2. The Balaban J connectivity index is 2.13. The lowest BCUT2D eigenvalue weighted by atomic mass is 10.2. The Bertz CT molecular complexity index is 457. The molecule has 1 aromatic heterocycles. The summed E-state index contributed by atoms with van der Waals surface area (Å²) in [5.74, 6) is -0.859. The molecule has 0 spiro atoms. The number of rotatable bonds is 2. The van der Waals surface area contributed by atoms with Crippen LogP contribution in [-0.4, -0.2) is 22.6 Å². The molecule has 0 radical (unpaired) electrons. The van der Waals surface area contributed by atoms with Crippen LogP contribution in [0.5, 0.6) is 0 Å². The number of hydrogen-bond donors (Lipinski definition) is 1. The van der Waals surface area contributed by atoms with Crippen molar-refractivity contribution >= 4 is 17.5 Å². The van der Waals surface area contributed by atoms with E-state index in [0.717, 1.165) is 0 Å². The van der Waals surface area contributed by atoms with Crippen molar-refractivity contribution < 1.29 is 18.0 Å². The molecule has 1 amide bonds. The number of nitrogens with one attached hydrogen (secondary N) is 1. The van der Waals surface area contributed by atoms with Crippen LogP contribution >= 0.6 is 11.6 Å². The Morgan fingerprint density at radius 2 is 2.06 bits per heavy atom. The summed E-state index contributed by atoms with van der Waals surface area (Å²) in [6.45, 7) is 0. The highest BCUT2D eigenvalue weighted by molar-refractivity contribution is 6.29. The Morgan fingerprint density at radius 3 is 2.53 bits per heavy atom. The zero-order valence-corrected chi connectivity index (χ0v) is 9.27. The molecule has 1 aliphatic rings. The summed E-state index contributed by atoms with van der Waals surface area (Å²) in [6.07, 6.45) is -4.62. The number of alkyl halides is 3. The average Bonchev–Trinajstić information content (AvgIpc) is 2.98. The predicted octanol–water partition coefficient (Wildman–Crippen LogP) is 2.56.